The van der Waals surface area contributed by atoms with Crippen molar-refractivity contribution in [3.8, 4) is 0 Å². The van der Waals surface area contributed by atoms with E-state index in [1.807, 2.05) is 0 Å². The molecule has 0 bridgehead atoms. The van der Waals surface area contributed by atoms with Gasteiger partial charge >= 0.3 is 47.8 Å². The van der Waals surface area contributed by atoms with E-state index in [-0.39, 0.29) is 5.57 Å². The van der Waals surface area contributed by atoms with Gasteiger partial charge in [-0.05, 0) is 6.92 Å². The zero-order chi connectivity index (χ0) is 37.2. The molecule has 0 aliphatic carbocycles. The molecule has 2 saturated heterocycles. The normalized spacial score (nSPS) is 29.2. The van der Waals surface area contributed by atoms with E-state index in [1.165, 1.54) is 6.92 Å². The van der Waals surface area contributed by atoms with Gasteiger partial charge in [-0.1, -0.05) is 6.58 Å². The lowest BCUT2D eigenvalue weighted by Crippen LogP contribution is -2.67. The number of hydrogen-bond donors (Lipinski definition) is 0. The summed E-state index contributed by atoms with van der Waals surface area (Å²) in [4.78, 5) is 97.3. The van der Waals surface area contributed by atoms with E-state index < -0.39 is 122 Å². The summed E-state index contributed by atoms with van der Waals surface area (Å²) in [7, 11) is 0. The van der Waals surface area contributed by atoms with Gasteiger partial charge in [0.15, 0.2) is 30.7 Å². The standard InChI is InChI=1S/C30H40O19/c1-12(2)28(38)49-30-27(45-19(9)37)25(43-17(7)35)23(21(47-30)11-40-14(4)32)48-29-26(44-18(8)36)24(42-16(6)34)22(41-15(5)33)20(46-29)10-39-13(3)31/h20-27,29-30H,1,10-11H2,2-9H3/t20?,21?,22-,23+,24?,25?,26?,27?,29-,30-/m0/s1. The molecule has 0 radical (unpaired) electrons. The van der Waals surface area contributed by atoms with Crippen LogP contribution in [0.3, 0.4) is 0 Å². The Morgan fingerprint density at radius 2 is 0.796 bits per heavy atom. The Morgan fingerprint density at radius 3 is 1.20 bits per heavy atom. The van der Waals surface area contributed by atoms with Gasteiger partial charge in [0.1, 0.15) is 31.5 Å². The zero-order valence-electron chi connectivity index (χ0n) is 28.2. The smallest absolute Gasteiger partial charge is 0.335 e. The molecule has 0 saturated carbocycles. The monoisotopic (exact) mass is 704 g/mol. The summed E-state index contributed by atoms with van der Waals surface area (Å²) in [6.07, 6.45) is -16.6. The highest BCUT2D eigenvalue weighted by Crippen LogP contribution is 2.35. The molecule has 0 aromatic carbocycles. The van der Waals surface area contributed by atoms with Gasteiger partial charge in [-0.25, -0.2) is 4.79 Å². The molecule has 0 aromatic rings. The van der Waals surface area contributed by atoms with Gasteiger partial charge < -0.3 is 52.1 Å². The third-order valence-corrected chi connectivity index (χ3v) is 6.46. The van der Waals surface area contributed by atoms with Gasteiger partial charge in [0.05, 0.1) is 0 Å². The van der Waals surface area contributed by atoms with E-state index in [0.717, 1.165) is 48.5 Å². The van der Waals surface area contributed by atoms with Crippen LogP contribution in [0.4, 0.5) is 0 Å². The van der Waals surface area contributed by atoms with Crippen LogP contribution < -0.4 is 0 Å². The molecule has 0 N–H and O–H groups in total. The van der Waals surface area contributed by atoms with Crippen LogP contribution in [0.1, 0.15) is 55.4 Å². The largest absolute Gasteiger partial charge is 0.463 e. The van der Waals surface area contributed by atoms with Crippen LogP contribution in [-0.2, 0) is 90.5 Å². The van der Waals surface area contributed by atoms with Crippen molar-refractivity contribution in [2.45, 2.75) is 117 Å². The number of ether oxygens (including phenoxy) is 11. The number of carbonyl (C=O) groups excluding carboxylic acids is 8. The van der Waals surface area contributed by atoms with Crippen LogP contribution in [-0.4, -0.2) is 122 Å². The van der Waals surface area contributed by atoms with E-state index in [4.69, 9.17) is 52.1 Å². The molecule has 0 aromatic heterocycles. The molecule has 49 heavy (non-hydrogen) atoms. The predicted molar refractivity (Wildman–Crippen MR) is 154 cm³/mol. The number of carbonyl (C=O) groups is 8. The van der Waals surface area contributed by atoms with Crippen LogP contribution in [0, 0.1) is 0 Å². The Bertz CT molecular complexity index is 1290. The van der Waals surface area contributed by atoms with Crippen LogP contribution in [0.25, 0.3) is 0 Å². The average Bonchev–Trinajstić information content (AvgIpc) is 2.95. The minimum atomic E-state index is -1.85. The third kappa shape index (κ3) is 12.4. The first-order valence-corrected chi connectivity index (χ1v) is 14.8. The molecule has 2 rings (SSSR count). The molecule has 2 fully saturated rings. The van der Waals surface area contributed by atoms with Gasteiger partial charge in [0.2, 0.25) is 12.4 Å². The molecular formula is C30H40O19. The molecule has 2 heterocycles. The molecule has 19 nitrogen and oxygen atoms in total. The van der Waals surface area contributed by atoms with Crippen molar-refractivity contribution in [3.63, 3.8) is 0 Å². The minimum absolute atomic E-state index is 0.0818. The topological polar surface area (TPSA) is 238 Å². The van der Waals surface area contributed by atoms with Gasteiger partial charge in [0, 0.05) is 54.0 Å². The van der Waals surface area contributed by atoms with Crippen molar-refractivity contribution in [2.75, 3.05) is 13.2 Å². The first-order valence-electron chi connectivity index (χ1n) is 14.8. The van der Waals surface area contributed by atoms with E-state index in [2.05, 4.69) is 6.58 Å². The fourth-order valence-electron chi connectivity index (χ4n) is 4.77. The van der Waals surface area contributed by atoms with Crippen molar-refractivity contribution in [1.29, 1.82) is 0 Å². The van der Waals surface area contributed by atoms with Gasteiger partial charge in [-0.2, -0.15) is 0 Å². The lowest BCUT2D eigenvalue weighted by Gasteiger charge is -2.48. The molecule has 10 atom stereocenters. The Balaban J connectivity index is 2.76. The van der Waals surface area contributed by atoms with Crippen molar-refractivity contribution in [1.82, 2.24) is 0 Å². The Kier molecular flexibility index (Phi) is 15.1. The SMILES string of the molecule is C=C(C)C(=O)O[C@@H]1OC(COC(C)=O)[C@@H](O[C@@H]2OC(COC(C)=O)[C@H](OC(C)=O)C(OC(C)=O)C2OC(C)=O)C(OC(C)=O)C1OC(C)=O. The summed E-state index contributed by atoms with van der Waals surface area (Å²) < 4.78 is 60.6. The molecule has 19 heteroatoms. The molecule has 0 spiro atoms. The second kappa shape index (κ2) is 18.2. The van der Waals surface area contributed by atoms with E-state index in [1.54, 1.807) is 0 Å². The number of esters is 8. The summed E-state index contributed by atoms with van der Waals surface area (Å²) in [5, 5.41) is 0. The summed E-state index contributed by atoms with van der Waals surface area (Å²) in [5.41, 5.74) is -0.0818. The van der Waals surface area contributed by atoms with E-state index in [9.17, 15) is 38.4 Å². The highest BCUT2D eigenvalue weighted by molar-refractivity contribution is 5.87. The van der Waals surface area contributed by atoms with Crippen LogP contribution in [0.5, 0.6) is 0 Å². The maximum atomic E-state index is 12.5. The fourth-order valence-corrected chi connectivity index (χ4v) is 4.77. The quantitative estimate of drug-likeness (QED) is 0.136. The van der Waals surface area contributed by atoms with Gasteiger partial charge in [0.25, 0.3) is 0 Å². The van der Waals surface area contributed by atoms with E-state index in [0.29, 0.717) is 0 Å². The maximum absolute atomic E-state index is 12.5. The van der Waals surface area contributed by atoms with Crippen LogP contribution in [0.2, 0.25) is 0 Å². The second-order valence-electron chi connectivity index (χ2n) is 10.8. The second-order valence-corrected chi connectivity index (χ2v) is 10.8. The van der Waals surface area contributed by atoms with Gasteiger partial charge in [-0.3, -0.25) is 33.6 Å². The maximum Gasteiger partial charge on any atom is 0.335 e. The minimum Gasteiger partial charge on any atom is -0.463 e. The first kappa shape index (κ1) is 40.6. The summed E-state index contributed by atoms with van der Waals surface area (Å²) in [6.45, 7) is 10.8. The van der Waals surface area contributed by atoms with Crippen LogP contribution >= 0.6 is 0 Å². The zero-order valence-corrected chi connectivity index (χ0v) is 28.2. The molecule has 2 aliphatic rings. The summed E-state index contributed by atoms with van der Waals surface area (Å²) in [5.74, 6) is -7.19. The molecule has 0 amide bonds. The van der Waals surface area contributed by atoms with E-state index >= 15 is 0 Å². The highest BCUT2D eigenvalue weighted by Gasteiger charge is 2.58. The number of rotatable bonds is 13. The lowest BCUT2D eigenvalue weighted by molar-refractivity contribution is -0.357. The Labute approximate surface area is 280 Å². The van der Waals surface area contributed by atoms with Crippen molar-refractivity contribution >= 4 is 47.8 Å². The fraction of sp³-hybridized carbons (Fsp3) is 0.667. The van der Waals surface area contributed by atoms with Crippen molar-refractivity contribution in [2.24, 2.45) is 0 Å². The summed E-state index contributed by atoms with van der Waals surface area (Å²) >= 11 is 0. The van der Waals surface area contributed by atoms with Crippen molar-refractivity contribution in [3.05, 3.63) is 12.2 Å². The lowest BCUT2D eigenvalue weighted by atomic mass is 9.96. The molecular weight excluding hydrogens is 664 g/mol. The third-order valence-electron chi connectivity index (χ3n) is 6.46. The average molecular weight is 705 g/mol. The predicted octanol–water partition coefficient (Wildman–Crippen LogP) is -0.275. The first-order chi connectivity index (χ1) is 22.8. The molecule has 2 aliphatic heterocycles. The Morgan fingerprint density at radius 1 is 0.449 bits per heavy atom. The highest BCUT2D eigenvalue weighted by atomic mass is 16.8. The van der Waals surface area contributed by atoms with Gasteiger partial charge in [-0.15, -0.1) is 0 Å². The van der Waals surface area contributed by atoms with Crippen LogP contribution in [0.15, 0.2) is 12.2 Å². The number of hydrogen-bond acceptors (Lipinski definition) is 19. The molecule has 6 unspecified atom stereocenters. The van der Waals surface area contributed by atoms with Crippen molar-refractivity contribution < 1.29 is 90.5 Å². The Hall–Kier alpha value is -4.62. The summed E-state index contributed by atoms with van der Waals surface area (Å²) in [6, 6.07) is 0. The molecule has 274 valence electrons.